The summed E-state index contributed by atoms with van der Waals surface area (Å²) in [7, 11) is -1.71. The maximum Gasteiger partial charge on any atom is 0.527 e. The molecule has 0 aliphatic carbocycles. The first-order chi connectivity index (χ1) is 40.0. The van der Waals surface area contributed by atoms with Crippen molar-refractivity contribution in [3.05, 3.63) is 172 Å². The topological polar surface area (TPSA) is 219 Å². The van der Waals surface area contributed by atoms with Crippen LogP contribution in [-0.4, -0.2) is 73.7 Å². The molecule has 9 heterocycles. The first-order valence-corrected chi connectivity index (χ1v) is 31.3. The lowest BCUT2D eigenvalue weighted by molar-refractivity contribution is -0.143. The molecule has 83 heavy (non-hydrogen) atoms. The fourth-order valence-electron chi connectivity index (χ4n) is 7.19. The summed E-state index contributed by atoms with van der Waals surface area (Å²) in [6.07, 6.45) is 8.17. The lowest BCUT2D eigenvalue weighted by atomic mass is 9.85. The Balaban J connectivity index is 0.000000172. The van der Waals surface area contributed by atoms with Gasteiger partial charge in [0.1, 0.15) is 28.7 Å². The van der Waals surface area contributed by atoms with Crippen molar-refractivity contribution in [3.8, 4) is 53.9 Å². The highest BCUT2D eigenvalue weighted by atomic mass is 79.9. The summed E-state index contributed by atoms with van der Waals surface area (Å²) in [5.41, 5.74) is 3.99. The van der Waals surface area contributed by atoms with Crippen molar-refractivity contribution < 1.29 is 70.3 Å². The van der Waals surface area contributed by atoms with Crippen LogP contribution in [0.4, 0.5) is 0 Å². The van der Waals surface area contributed by atoms with Gasteiger partial charge in [-0.1, -0.05) is 58.5 Å². The predicted octanol–water partition coefficient (Wildman–Crippen LogP) is 16.7. The van der Waals surface area contributed by atoms with E-state index < -0.39 is 7.12 Å². The van der Waals surface area contributed by atoms with Gasteiger partial charge in [0.2, 0.25) is 0 Å². The number of thiophene rings is 4. The van der Waals surface area contributed by atoms with Gasteiger partial charge < -0.3 is 46.3 Å². The number of hydrogen-bond donors (Lipinski definition) is 2. The fourth-order valence-corrected chi connectivity index (χ4v) is 12.3. The molecule has 10 rings (SSSR count). The van der Waals surface area contributed by atoms with Crippen LogP contribution in [0.1, 0.15) is 58.2 Å². The van der Waals surface area contributed by atoms with E-state index in [1.807, 2.05) is 54.8 Å². The molecule has 10 aromatic rings. The van der Waals surface area contributed by atoms with Crippen LogP contribution in [0.15, 0.2) is 154 Å². The Morgan fingerprint density at radius 2 is 0.964 bits per heavy atom. The molecule has 0 saturated heterocycles. The summed E-state index contributed by atoms with van der Waals surface area (Å²) in [4.78, 5) is 60.3. The molecule has 26 heteroatoms. The van der Waals surface area contributed by atoms with E-state index in [4.69, 9.17) is 88.3 Å². The summed E-state index contributed by atoms with van der Waals surface area (Å²) < 4.78 is 45.0. The molecule has 0 radical (unpaired) electrons. The monoisotopic (exact) mass is 1360 g/mol. The summed E-state index contributed by atoms with van der Waals surface area (Å²) in [6, 6.07) is 31.3. The van der Waals surface area contributed by atoms with Gasteiger partial charge >= 0.3 is 25.0 Å². The van der Waals surface area contributed by atoms with Gasteiger partial charge in [-0.05, 0) is 134 Å². The lowest BCUT2D eigenvalue weighted by Crippen LogP contribution is -2.31. The van der Waals surface area contributed by atoms with Crippen molar-refractivity contribution in [2.75, 3.05) is 26.1 Å². The largest absolute Gasteiger partial charge is 0.527 e. The van der Waals surface area contributed by atoms with Gasteiger partial charge in [-0.3, -0.25) is 24.0 Å². The molecule has 0 aliphatic heterocycles. The van der Waals surface area contributed by atoms with Gasteiger partial charge in [0.25, 0.3) is 0 Å². The third-order valence-corrected chi connectivity index (χ3v) is 16.8. The van der Waals surface area contributed by atoms with Crippen molar-refractivity contribution in [3.63, 3.8) is 0 Å². The second-order valence-corrected chi connectivity index (χ2v) is 24.8. The standard InChI is InChI=1S/C19H17ClO3S2.C12H10BrClO3S.C12H11ClO3S.C9H5ClO2S.C5H5BO4/c1-3-22-18(21)11-13-10-15(12-4-6-14(24-2)7-5-12)23-19(13)16-8-9-17(20)25-16;1-2-16-11(15)6-7-5-9(13)17-12(7)8-3-4-10(14)18-8;1-2-15-11(14)7-8-5-6-16-12(8)9-3-4-10(13)17-9;10-8-2-1-7(13-8)9-6(5-11)3-4-12-9;7-3-4-1-2-10-5(4)6(8)9/h4-10H,3,11H2,1-2H3;3-5H,2,6H2,1H3;3-6H,2,7H2,1H3;1-5H;1-3,8-9H. The molecule has 15 nitrogen and oxygen atoms in total. The molecular formula is C57H48BBrCl4O15S5. The molecule has 0 unspecified atom stereocenters. The number of carbonyl (C=O) groups is 5. The van der Waals surface area contributed by atoms with Crippen molar-refractivity contribution >= 4 is 163 Å². The minimum absolute atomic E-state index is 0.116. The van der Waals surface area contributed by atoms with Gasteiger partial charge in [0.15, 0.2) is 23.0 Å². The SMILES string of the molecule is CCOC(=O)Cc1cc(-c2ccc(SC)cc2)oc1-c1ccc(Cl)s1.CCOC(=O)Cc1cc(Br)oc1-c1ccc(Cl)s1.CCOC(=O)Cc1ccoc1-c1ccc(Cl)s1.O=Cc1ccoc1-c1ccc(Cl)s1.O=Cc1ccoc1B(O)O. The molecule has 9 aromatic heterocycles. The van der Waals surface area contributed by atoms with E-state index in [2.05, 4.69) is 32.5 Å². The van der Waals surface area contributed by atoms with Crippen LogP contribution >= 0.6 is 119 Å². The molecule has 1 aromatic carbocycles. The molecule has 0 atom stereocenters. The van der Waals surface area contributed by atoms with E-state index in [9.17, 15) is 24.0 Å². The minimum atomic E-state index is -1.71. The fraction of sp³-hybridized carbons (Fsp3) is 0.175. The zero-order valence-electron chi connectivity index (χ0n) is 44.2. The number of halogens is 5. The Labute approximate surface area is 525 Å². The number of esters is 3. The second-order valence-electron chi connectivity index (χ2n) is 16.3. The van der Waals surface area contributed by atoms with Gasteiger partial charge in [0.05, 0.1) is 106 Å². The summed E-state index contributed by atoms with van der Waals surface area (Å²) in [5.74, 6) is 2.55. The zero-order chi connectivity index (χ0) is 60.0. The number of rotatable bonds is 18. The van der Waals surface area contributed by atoms with Crippen LogP contribution in [0.3, 0.4) is 0 Å². The molecule has 2 N–H and O–H groups in total. The number of benzene rings is 1. The van der Waals surface area contributed by atoms with Crippen LogP contribution in [0.5, 0.6) is 0 Å². The summed E-state index contributed by atoms with van der Waals surface area (Å²) >= 11 is 34.2. The lowest BCUT2D eigenvalue weighted by Gasteiger charge is -2.01. The Kier molecular flexibility index (Phi) is 26.8. The number of hydrogen-bond acceptors (Lipinski definition) is 20. The molecule has 0 saturated carbocycles. The van der Waals surface area contributed by atoms with Gasteiger partial charge in [-0.2, -0.15) is 0 Å². The van der Waals surface area contributed by atoms with Crippen molar-refractivity contribution in [2.45, 2.75) is 44.9 Å². The molecule has 434 valence electrons. The van der Waals surface area contributed by atoms with Crippen molar-refractivity contribution in [1.82, 2.24) is 0 Å². The average Bonchev–Trinajstić information content (AvgIpc) is 4.51. The maximum atomic E-state index is 11.9. The Hall–Kier alpha value is -5.86. The smallest absolute Gasteiger partial charge is 0.472 e. The first-order valence-electron chi connectivity index (χ1n) is 24.5. The maximum absolute atomic E-state index is 11.9. The number of thioether (sulfide) groups is 1. The first kappa shape index (κ1) is 66.3. The number of carbonyl (C=O) groups excluding carboxylic acids is 5. The Bertz CT molecular complexity index is 3670. The summed E-state index contributed by atoms with van der Waals surface area (Å²) in [6.45, 7) is 6.48. The molecule has 0 spiro atoms. The van der Waals surface area contributed by atoms with Crippen LogP contribution in [0, 0.1) is 0 Å². The highest BCUT2D eigenvalue weighted by molar-refractivity contribution is 9.10. The van der Waals surface area contributed by atoms with Crippen molar-refractivity contribution in [2.24, 2.45) is 0 Å². The van der Waals surface area contributed by atoms with E-state index in [0.717, 1.165) is 53.8 Å². The molecule has 0 aliphatic rings. The van der Waals surface area contributed by atoms with Gasteiger partial charge in [-0.25, -0.2) is 0 Å². The normalized spacial score (nSPS) is 10.4. The number of ether oxygens (including phenoxy) is 3. The highest BCUT2D eigenvalue weighted by Gasteiger charge is 2.22. The van der Waals surface area contributed by atoms with Crippen molar-refractivity contribution in [1.29, 1.82) is 0 Å². The number of furan rings is 5. The third kappa shape index (κ3) is 19.9. The highest BCUT2D eigenvalue weighted by Crippen LogP contribution is 2.40. The molecular weight excluding hydrogens is 1320 g/mol. The quantitative estimate of drug-likeness (QED) is 0.0268. The van der Waals surface area contributed by atoms with E-state index in [1.54, 1.807) is 75.2 Å². The van der Waals surface area contributed by atoms with E-state index >= 15 is 0 Å². The second kappa shape index (κ2) is 33.6. The minimum Gasteiger partial charge on any atom is -0.472 e. The predicted molar refractivity (Wildman–Crippen MR) is 333 cm³/mol. The van der Waals surface area contributed by atoms with Crippen LogP contribution in [0.2, 0.25) is 17.3 Å². The molecule has 0 fully saturated rings. The van der Waals surface area contributed by atoms with Gasteiger partial charge in [0, 0.05) is 27.1 Å². The van der Waals surface area contributed by atoms with Crippen LogP contribution < -0.4 is 5.66 Å². The summed E-state index contributed by atoms with van der Waals surface area (Å²) in [5, 5.41) is 17.1. The van der Waals surface area contributed by atoms with Gasteiger partial charge in [-0.15, -0.1) is 57.1 Å². The van der Waals surface area contributed by atoms with E-state index in [1.165, 1.54) is 68.8 Å². The molecule has 0 amide bonds. The third-order valence-electron chi connectivity index (χ3n) is 10.7. The Morgan fingerprint density at radius 1 is 0.542 bits per heavy atom. The van der Waals surface area contributed by atoms with Crippen LogP contribution in [0.25, 0.3) is 53.9 Å². The average molecular weight is 1370 g/mol. The molecule has 0 bridgehead atoms. The Morgan fingerprint density at radius 3 is 1.41 bits per heavy atom. The van der Waals surface area contributed by atoms with E-state index in [0.29, 0.717) is 76.7 Å². The zero-order valence-corrected chi connectivity index (χ0v) is 52.8. The number of aldehydes is 2. The van der Waals surface area contributed by atoms with E-state index in [-0.39, 0.29) is 48.4 Å². The van der Waals surface area contributed by atoms with Crippen LogP contribution in [-0.2, 0) is 47.9 Å².